The number of carbonyl (C=O) groups is 2. The molecule has 0 heterocycles. The second-order valence-corrected chi connectivity index (χ2v) is 6.66. The zero-order chi connectivity index (χ0) is 17.5. The highest BCUT2D eigenvalue weighted by Crippen LogP contribution is 2.21. The lowest BCUT2D eigenvalue weighted by Crippen LogP contribution is -2.45. The number of rotatable bonds is 8. The molecule has 0 spiro atoms. The van der Waals surface area contributed by atoms with Gasteiger partial charge in [0.25, 0.3) is 0 Å². The molecule has 0 bridgehead atoms. The fourth-order valence-electron chi connectivity index (χ4n) is 1.48. The molecule has 0 aliphatic carbocycles. The van der Waals surface area contributed by atoms with E-state index in [4.69, 9.17) is 5.11 Å². The molecule has 9 heteroatoms. The number of thioether (sulfide) groups is 1. The van der Waals surface area contributed by atoms with Crippen molar-refractivity contribution >= 4 is 23.6 Å². The Kier molecular flexibility index (Phi) is 8.84. The molecule has 1 unspecified atom stereocenters. The highest BCUT2D eigenvalue weighted by atomic mass is 32.2. The summed E-state index contributed by atoms with van der Waals surface area (Å²) in [6, 6.07) is 0. The van der Waals surface area contributed by atoms with E-state index < -0.39 is 31.1 Å². The summed E-state index contributed by atoms with van der Waals surface area (Å²) in [7, 11) is 2.82. The van der Waals surface area contributed by atoms with Crippen LogP contribution in [0.5, 0.6) is 0 Å². The summed E-state index contributed by atoms with van der Waals surface area (Å²) in [5.41, 5.74) is 0. The molecule has 0 radical (unpaired) electrons. The van der Waals surface area contributed by atoms with Gasteiger partial charge in [-0.3, -0.25) is 9.59 Å². The molecule has 2 amide bonds. The Labute approximate surface area is 132 Å². The summed E-state index contributed by atoms with van der Waals surface area (Å²) in [6.07, 6.45) is -4.57. The topological polar surface area (TPSA) is 60.9 Å². The minimum absolute atomic E-state index is 0.0854. The second-order valence-electron chi connectivity index (χ2n) is 5.43. The standard InChI is InChI=1S/C13H23F3N2O3S/c1-9(2)10(6-19)22-7-12(21)18(8-13(14,15)16)5-11(20)17(3)4/h9-10,19H,5-8H2,1-4H3. The second kappa shape index (κ2) is 9.24. The Morgan fingerprint density at radius 1 is 1.18 bits per heavy atom. The van der Waals surface area contributed by atoms with E-state index in [-0.39, 0.29) is 23.5 Å². The lowest BCUT2D eigenvalue weighted by Gasteiger charge is -2.26. The molecule has 0 rings (SSSR count). The number of hydrogen-bond acceptors (Lipinski definition) is 4. The molecule has 22 heavy (non-hydrogen) atoms. The Bertz CT molecular complexity index is 376. The van der Waals surface area contributed by atoms with Crippen LogP contribution in [-0.2, 0) is 9.59 Å². The molecule has 0 saturated carbocycles. The third-order valence-corrected chi connectivity index (χ3v) is 4.43. The molecular weight excluding hydrogens is 321 g/mol. The smallest absolute Gasteiger partial charge is 0.395 e. The van der Waals surface area contributed by atoms with Gasteiger partial charge in [-0.05, 0) is 5.92 Å². The molecule has 0 fully saturated rings. The number of nitrogens with zero attached hydrogens (tertiary/aromatic N) is 2. The van der Waals surface area contributed by atoms with E-state index in [0.29, 0.717) is 4.90 Å². The van der Waals surface area contributed by atoms with Crippen molar-refractivity contribution in [3.05, 3.63) is 0 Å². The Morgan fingerprint density at radius 3 is 2.09 bits per heavy atom. The van der Waals surface area contributed by atoms with E-state index in [1.54, 1.807) is 0 Å². The van der Waals surface area contributed by atoms with Crippen LogP contribution < -0.4 is 0 Å². The van der Waals surface area contributed by atoms with Crippen molar-refractivity contribution in [2.45, 2.75) is 25.3 Å². The average molecular weight is 344 g/mol. The first-order valence-electron chi connectivity index (χ1n) is 6.75. The number of alkyl halides is 3. The van der Waals surface area contributed by atoms with Crippen molar-refractivity contribution in [3.63, 3.8) is 0 Å². The largest absolute Gasteiger partial charge is 0.406 e. The number of halogens is 3. The minimum atomic E-state index is -4.57. The molecule has 0 aliphatic rings. The molecule has 0 aliphatic heterocycles. The first-order chi connectivity index (χ1) is 9.97. The van der Waals surface area contributed by atoms with Gasteiger partial charge >= 0.3 is 6.18 Å². The maximum Gasteiger partial charge on any atom is 0.406 e. The molecule has 130 valence electrons. The van der Waals surface area contributed by atoms with Crippen LogP contribution in [-0.4, -0.2) is 77.7 Å². The van der Waals surface area contributed by atoms with Crippen molar-refractivity contribution < 1.29 is 27.9 Å². The molecule has 0 aromatic rings. The third kappa shape index (κ3) is 8.47. The number of aliphatic hydroxyl groups is 1. The zero-order valence-electron chi connectivity index (χ0n) is 13.2. The van der Waals surface area contributed by atoms with Crippen LogP contribution in [0, 0.1) is 5.92 Å². The predicted octanol–water partition coefficient (Wildman–Crippen LogP) is 1.22. The van der Waals surface area contributed by atoms with E-state index in [2.05, 4.69) is 0 Å². The van der Waals surface area contributed by atoms with Crippen LogP contribution in [0.2, 0.25) is 0 Å². The molecular formula is C13H23F3N2O3S. The van der Waals surface area contributed by atoms with Crippen LogP contribution in [0.15, 0.2) is 0 Å². The fraction of sp³-hybridized carbons (Fsp3) is 0.846. The first kappa shape index (κ1) is 21.0. The lowest BCUT2D eigenvalue weighted by atomic mass is 10.1. The Balaban J connectivity index is 4.78. The van der Waals surface area contributed by atoms with Gasteiger partial charge in [0.05, 0.1) is 12.4 Å². The van der Waals surface area contributed by atoms with Crippen LogP contribution in [0.3, 0.4) is 0 Å². The van der Waals surface area contributed by atoms with Crippen LogP contribution in [0.25, 0.3) is 0 Å². The summed E-state index contributed by atoms with van der Waals surface area (Å²) >= 11 is 1.09. The van der Waals surface area contributed by atoms with Crippen LogP contribution in [0.4, 0.5) is 13.2 Å². The van der Waals surface area contributed by atoms with E-state index in [0.717, 1.165) is 16.7 Å². The summed E-state index contributed by atoms with van der Waals surface area (Å²) < 4.78 is 37.6. The number of likely N-dealkylation sites (N-methyl/N-ethyl adjacent to an activating group) is 1. The van der Waals surface area contributed by atoms with E-state index in [1.807, 2.05) is 13.8 Å². The molecule has 1 atom stereocenters. The third-order valence-electron chi connectivity index (χ3n) is 2.89. The van der Waals surface area contributed by atoms with Gasteiger partial charge in [0.2, 0.25) is 11.8 Å². The van der Waals surface area contributed by atoms with Gasteiger partial charge in [0.15, 0.2) is 0 Å². The normalized spacial score (nSPS) is 13.1. The maximum atomic E-state index is 12.5. The van der Waals surface area contributed by atoms with E-state index in [1.165, 1.54) is 14.1 Å². The lowest BCUT2D eigenvalue weighted by molar-refractivity contribution is -0.162. The van der Waals surface area contributed by atoms with E-state index in [9.17, 15) is 22.8 Å². The summed E-state index contributed by atoms with van der Waals surface area (Å²) in [6.45, 7) is 1.46. The summed E-state index contributed by atoms with van der Waals surface area (Å²) in [5.74, 6) is -1.47. The van der Waals surface area contributed by atoms with Crippen molar-refractivity contribution in [1.29, 1.82) is 0 Å². The van der Waals surface area contributed by atoms with Crippen LogP contribution in [0.1, 0.15) is 13.8 Å². The van der Waals surface area contributed by atoms with Gasteiger partial charge in [-0.25, -0.2) is 0 Å². The highest BCUT2D eigenvalue weighted by molar-refractivity contribution is 8.00. The Hall–Kier alpha value is -0.960. The molecule has 5 nitrogen and oxygen atoms in total. The van der Waals surface area contributed by atoms with Crippen LogP contribution >= 0.6 is 11.8 Å². The molecule has 0 aromatic heterocycles. The fourth-order valence-corrected chi connectivity index (χ4v) is 2.51. The molecule has 0 saturated heterocycles. The number of amides is 2. The zero-order valence-corrected chi connectivity index (χ0v) is 14.0. The van der Waals surface area contributed by atoms with E-state index >= 15 is 0 Å². The van der Waals surface area contributed by atoms with Gasteiger partial charge in [0, 0.05) is 19.3 Å². The number of aliphatic hydroxyl groups excluding tert-OH is 1. The number of carbonyl (C=O) groups excluding carboxylic acids is 2. The quantitative estimate of drug-likeness (QED) is 0.719. The molecule has 0 aromatic carbocycles. The van der Waals surface area contributed by atoms with Gasteiger partial charge in [-0.1, -0.05) is 13.8 Å². The monoisotopic (exact) mass is 344 g/mol. The first-order valence-corrected chi connectivity index (χ1v) is 7.80. The van der Waals surface area contributed by atoms with Gasteiger partial charge < -0.3 is 14.9 Å². The molecule has 1 N–H and O–H groups in total. The predicted molar refractivity (Wildman–Crippen MR) is 79.5 cm³/mol. The van der Waals surface area contributed by atoms with Gasteiger partial charge in [0.1, 0.15) is 13.1 Å². The average Bonchev–Trinajstić information content (AvgIpc) is 2.36. The van der Waals surface area contributed by atoms with Crippen molar-refractivity contribution in [2.24, 2.45) is 5.92 Å². The Morgan fingerprint density at radius 2 is 1.73 bits per heavy atom. The summed E-state index contributed by atoms with van der Waals surface area (Å²) in [5, 5.41) is 8.93. The number of hydrogen-bond donors (Lipinski definition) is 1. The van der Waals surface area contributed by atoms with Crippen molar-refractivity contribution in [2.75, 3.05) is 39.5 Å². The summed E-state index contributed by atoms with van der Waals surface area (Å²) in [4.78, 5) is 25.2. The van der Waals surface area contributed by atoms with Crippen molar-refractivity contribution in [1.82, 2.24) is 9.80 Å². The van der Waals surface area contributed by atoms with Crippen molar-refractivity contribution in [3.8, 4) is 0 Å². The maximum absolute atomic E-state index is 12.5. The highest BCUT2D eigenvalue weighted by Gasteiger charge is 2.34. The minimum Gasteiger partial charge on any atom is -0.395 e. The van der Waals surface area contributed by atoms with Gasteiger partial charge in [-0.15, -0.1) is 11.8 Å². The SMILES string of the molecule is CC(C)C(CO)SCC(=O)N(CC(=O)N(C)C)CC(F)(F)F. The van der Waals surface area contributed by atoms with Gasteiger partial charge in [-0.2, -0.15) is 13.2 Å².